The van der Waals surface area contributed by atoms with Crippen LogP contribution < -0.4 is 0 Å². The summed E-state index contributed by atoms with van der Waals surface area (Å²) in [5, 5.41) is 25.5. The summed E-state index contributed by atoms with van der Waals surface area (Å²) in [5.74, 6) is 0.0938. The smallest absolute Gasteiger partial charge is 0.285 e. The fraction of sp³-hybridized carbons (Fsp3) is 0.125. The molecule has 0 atom stereocenters. The zero-order chi connectivity index (χ0) is 18.7. The van der Waals surface area contributed by atoms with Crippen molar-refractivity contribution in [1.82, 2.24) is 5.01 Å². The highest BCUT2D eigenvalue weighted by Crippen LogP contribution is 2.27. The third-order valence-electron chi connectivity index (χ3n) is 3.60. The normalized spacial score (nSPS) is 14.9. The number of aliphatic hydroxyl groups is 1. The summed E-state index contributed by atoms with van der Waals surface area (Å²) in [7, 11) is -3.82. The lowest BCUT2D eigenvalue weighted by atomic mass is 10.2. The molecule has 1 aliphatic rings. The molecule has 0 saturated heterocycles. The molecular formula is C16H14N4O5S. The van der Waals surface area contributed by atoms with Crippen molar-refractivity contribution in [3.05, 3.63) is 69.8 Å². The van der Waals surface area contributed by atoms with Gasteiger partial charge in [-0.05, 0) is 12.1 Å². The van der Waals surface area contributed by atoms with Crippen LogP contribution in [-0.2, 0) is 10.0 Å². The topological polar surface area (TPSA) is 125 Å². The van der Waals surface area contributed by atoms with Crippen LogP contribution in [0.25, 0.3) is 0 Å². The Morgan fingerprint density at radius 3 is 2.73 bits per heavy atom. The molecule has 3 rings (SSSR count). The Kier molecular flexibility index (Phi) is 4.78. The van der Waals surface area contributed by atoms with Crippen molar-refractivity contribution in [3.63, 3.8) is 0 Å². The lowest BCUT2D eigenvalue weighted by Gasteiger charge is -2.17. The van der Waals surface area contributed by atoms with Crippen LogP contribution in [0.5, 0.6) is 0 Å². The molecule has 0 radical (unpaired) electrons. The second-order valence-electron chi connectivity index (χ2n) is 5.33. The third kappa shape index (κ3) is 3.46. The van der Waals surface area contributed by atoms with Crippen molar-refractivity contribution in [1.29, 1.82) is 0 Å². The number of fused-ring (bicyclic) bond motifs is 1. The molecule has 2 aromatic carbocycles. The fourth-order valence-electron chi connectivity index (χ4n) is 2.44. The van der Waals surface area contributed by atoms with Crippen LogP contribution in [0, 0.1) is 10.1 Å². The largest absolute Gasteiger partial charge is 0.394 e. The highest BCUT2D eigenvalue weighted by atomic mass is 32.2. The number of hydrogen-bond donors (Lipinski definition) is 1. The zero-order valence-corrected chi connectivity index (χ0v) is 14.2. The van der Waals surface area contributed by atoms with Gasteiger partial charge in [-0.15, -0.1) is 4.40 Å². The molecule has 0 fully saturated rings. The zero-order valence-electron chi connectivity index (χ0n) is 13.4. The minimum absolute atomic E-state index is 0.00805. The number of nitrogens with zero attached hydrogens (tertiary/aromatic N) is 4. The molecule has 0 saturated carbocycles. The minimum Gasteiger partial charge on any atom is -0.394 e. The SMILES string of the molecule is O=[N+]([O-])c1cccc(C=NN(CCO)C2=NS(=O)(=O)c3ccccc32)c1. The van der Waals surface area contributed by atoms with Crippen LogP contribution >= 0.6 is 0 Å². The molecular weight excluding hydrogens is 360 g/mol. The number of sulfonamides is 1. The van der Waals surface area contributed by atoms with Gasteiger partial charge in [-0.1, -0.05) is 24.3 Å². The molecule has 1 aliphatic heterocycles. The molecule has 9 nitrogen and oxygen atoms in total. The van der Waals surface area contributed by atoms with Gasteiger partial charge in [0.1, 0.15) is 4.90 Å². The lowest BCUT2D eigenvalue weighted by molar-refractivity contribution is -0.384. The van der Waals surface area contributed by atoms with Gasteiger partial charge in [0.15, 0.2) is 5.84 Å². The van der Waals surface area contributed by atoms with Gasteiger partial charge in [0.25, 0.3) is 15.7 Å². The molecule has 2 aromatic rings. The maximum atomic E-state index is 12.2. The van der Waals surface area contributed by atoms with Crippen LogP contribution in [0.2, 0.25) is 0 Å². The number of benzene rings is 2. The standard InChI is InChI=1S/C16H14N4O5S/c21-9-8-19(17-11-12-4-3-5-13(10-12)20(22)23)16-14-6-1-2-7-15(14)26(24,25)18-16/h1-7,10-11,21H,8-9H2. The second-order valence-corrected chi connectivity index (χ2v) is 6.90. The first kappa shape index (κ1) is 17.7. The molecule has 0 aliphatic carbocycles. The van der Waals surface area contributed by atoms with Gasteiger partial charge in [-0.2, -0.15) is 13.5 Å². The average molecular weight is 374 g/mol. The van der Waals surface area contributed by atoms with Crippen molar-refractivity contribution in [2.24, 2.45) is 9.50 Å². The third-order valence-corrected chi connectivity index (χ3v) is 4.92. The Morgan fingerprint density at radius 1 is 1.23 bits per heavy atom. The molecule has 26 heavy (non-hydrogen) atoms. The summed E-state index contributed by atoms with van der Waals surface area (Å²) in [6, 6.07) is 12.1. The van der Waals surface area contributed by atoms with E-state index in [0.29, 0.717) is 11.1 Å². The Balaban J connectivity index is 1.96. The minimum atomic E-state index is -3.82. The van der Waals surface area contributed by atoms with Crippen molar-refractivity contribution in [3.8, 4) is 0 Å². The number of aliphatic hydroxyl groups excluding tert-OH is 1. The van der Waals surface area contributed by atoms with Gasteiger partial charge in [0.2, 0.25) is 0 Å². The van der Waals surface area contributed by atoms with E-state index in [1.165, 1.54) is 35.5 Å². The Bertz CT molecular complexity index is 1020. The lowest BCUT2D eigenvalue weighted by Crippen LogP contribution is -2.28. The number of amidine groups is 1. The van der Waals surface area contributed by atoms with E-state index in [2.05, 4.69) is 9.50 Å². The number of hydrogen-bond acceptors (Lipinski definition) is 7. The van der Waals surface area contributed by atoms with Crippen LogP contribution in [0.4, 0.5) is 5.69 Å². The van der Waals surface area contributed by atoms with Gasteiger partial charge in [-0.25, -0.2) is 5.01 Å². The highest BCUT2D eigenvalue weighted by Gasteiger charge is 2.31. The molecule has 0 unspecified atom stereocenters. The first-order valence-electron chi connectivity index (χ1n) is 7.53. The van der Waals surface area contributed by atoms with E-state index in [1.807, 2.05) is 0 Å². The average Bonchev–Trinajstić information content (AvgIpc) is 2.90. The Labute approximate surface area is 149 Å². The van der Waals surface area contributed by atoms with E-state index in [9.17, 15) is 23.6 Å². The van der Waals surface area contributed by atoms with Gasteiger partial charge in [0, 0.05) is 23.3 Å². The monoisotopic (exact) mass is 374 g/mol. The molecule has 0 aromatic heterocycles. The van der Waals surface area contributed by atoms with E-state index in [4.69, 9.17) is 0 Å². The second kappa shape index (κ2) is 7.02. The van der Waals surface area contributed by atoms with E-state index >= 15 is 0 Å². The van der Waals surface area contributed by atoms with Crippen molar-refractivity contribution in [2.45, 2.75) is 4.90 Å². The first-order chi connectivity index (χ1) is 12.4. The van der Waals surface area contributed by atoms with Crippen LogP contribution in [0.1, 0.15) is 11.1 Å². The van der Waals surface area contributed by atoms with Gasteiger partial charge < -0.3 is 5.11 Å². The van der Waals surface area contributed by atoms with Crippen LogP contribution in [-0.4, -0.2) is 48.7 Å². The van der Waals surface area contributed by atoms with Crippen molar-refractivity contribution in [2.75, 3.05) is 13.2 Å². The summed E-state index contributed by atoms with van der Waals surface area (Å²) in [4.78, 5) is 10.4. The number of non-ortho nitro benzene ring substituents is 1. The molecule has 0 bridgehead atoms. The quantitative estimate of drug-likeness (QED) is 0.479. The van der Waals surface area contributed by atoms with Gasteiger partial charge in [0.05, 0.1) is 24.3 Å². The van der Waals surface area contributed by atoms with E-state index < -0.39 is 14.9 Å². The summed E-state index contributed by atoms with van der Waals surface area (Å²) >= 11 is 0. The predicted octanol–water partition coefficient (Wildman–Crippen LogP) is 1.37. The summed E-state index contributed by atoms with van der Waals surface area (Å²) in [5.41, 5.74) is 0.753. The summed E-state index contributed by atoms with van der Waals surface area (Å²) in [6.07, 6.45) is 1.35. The first-order valence-corrected chi connectivity index (χ1v) is 8.97. The molecule has 0 spiro atoms. The molecule has 0 amide bonds. The predicted molar refractivity (Wildman–Crippen MR) is 94.6 cm³/mol. The van der Waals surface area contributed by atoms with Crippen molar-refractivity contribution < 1.29 is 18.4 Å². The maximum absolute atomic E-state index is 12.2. The number of nitro groups is 1. The number of nitro benzene ring substituents is 1. The molecule has 1 heterocycles. The van der Waals surface area contributed by atoms with E-state index in [-0.39, 0.29) is 29.6 Å². The van der Waals surface area contributed by atoms with E-state index in [0.717, 1.165) is 0 Å². The Hall–Kier alpha value is -3.11. The van der Waals surface area contributed by atoms with Gasteiger partial charge >= 0.3 is 0 Å². The molecule has 10 heteroatoms. The number of hydrazone groups is 1. The van der Waals surface area contributed by atoms with Crippen LogP contribution in [0.15, 0.2) is 62.9 Å². The van der Waals surface area contributed by atoms with Crippen LogP contribution in [0.3, 0.4) is 0 Å². The summed E-state index contributed by atoms with van der Waals surface area (Å²) < 4.78 is 28.1. The number of rotatable bonds is 5. The Morgan fingerprint density at radius 2 is 2.00 bits per heavy atom. The fourth-order valence-corrected chi connectivity index (χ4v) is 3.65. The molecule has 134 valence electrons. The summed E-state index contributed by atoms with van der Waals surface area (Å²) in [6.45, 7) is -0.276. The highest BCUT2D eigenvalue weighted by molar-refractivity contribution is 7.90. The maximum Gasteiger partial charge on any atom is 0.285 e. The van der Waals surface area contributed by atoms with E-state index in [1.54, 1.807) is 24.3 Å². The van der Waals surface area contributed by atoms with Gasteiger partial charge in [-0.3, -0.25) is 10.1 Å². The van der Waals surface area contributed by atoms with Crippen molar-refractivity contribution >= 4 is 27.8 Å². The molecule has 1 N–H and O–H groups in total.